The van der Waals surface area contributed by atoms with Gasteiger partial charge in [-0.05, 0) is 38.3 Å². The Morgan fingerprint density at radius 3 is 1.88 bits per heavy atom. The van der Waals surface area contributed by atoms with Crippen LogP contribution in [0.5, 0.6) is 0 Å². The van der Waals surface area contributed by atoms with E-state index < -0.39 is 29.9 Å². The van der Waals surface area contributed by atoms with Gasteiger partial charge in [-0.2, -0.15) is 0 Å². The van der Waals surface area contributed by atoms with Gasteiger partial charge in [-0.1, -0.05) is 13.8 Å². The van der Waals surface area contributed by atoms with Crippen LogP contribution in [-0.4, -0.2) is 12.3 Å². The highest BCUT2D eigenvalue weighted by Gasteiger charge is 2.19. The lowest BCUT2D eigenvalue weighted by Gasteiger charge is -2.16. The first kappa shape index (κ1) is 16.2. The molecule has 0 bridgehead atoms. The van der Waals surface area contributed by atoms with Crippen molar-refractivity contribution < 1.29 is 17.6 Å². The van der Waals surface area contributed by atoms with E-state index >= 15 is 0 Å². The van der Waals surface area contributed by atoms with E-state index in [2.05, 4.69) is 0 Å². The molecule has 0 nitrogen and oxygen atoms in total. The molecule has 0 aliphatic heterocycles. The molecule has 100 valence electrons. The van der Waals surface area contributed by atoms with Crippen LogP contribution in [0, 0.1) is 5.92 Å². The molecular weight excluding hydrogens is 232 g/mol. The topological polar surface area (TPSA) is 0 Å². The predicted octanol–water partition coefficient (Wildman–Crippen LogP) is 5.22. The van der Waals surface area contributed by atoms with Gasteiger partial charge < -0.3 is 0 Å². The standard InChI is InChI=1S/C13H20F4/c1-5-10(7-12(16)8(3)14)11(6-2)13(17)9(4)15/h7-10H,5-6H2,1-4H3/b12-7+,13-11-. The Labute approximate surface area is 100 Å². The third-order valence-corrected chi connectivity index (χ3v) is 2.66. The maximum atomic E-state index is 13.5. The molecule has 0 aromatic rings. The number of allylic oxidation sites excluding steroid dienone is 4. The lowest BCUT2D eigenvalue weighted by atomic mass is 9.91. The van der Waals surface area contributed by atoms with E-state index in [1.165, 1.54) is 0 Å². The smallest absolute Gasteiger partial charge is 0.149 e. The van der Waals surface area contributed by atoms with Crippen molar-refractivity contribution in [3.63, 3.8) is 0 Å². The van der Waals surface area contributed by atoms with E-state index in [0.717, 1.165) is 19.9 Å². The van der Waals surface area contributed by atoms with Crippen molar-refractivity contribution >= 4 is 0 Å². The van der Waals surface area contributed by atoms with E-state index in [9.17, 15) is 17.6 Å². The van der Waals surface area contributed by atoms with Crippen LogP contribution < -0.4 is 0 Å². The van der Waals surface area contributed by atoms with Gasteiger partial charge in [0.2, 0.25) is 0 Å². The van der Waals surface area contributed by atoms with Gasteiger partial charge in [0.1, 0.15) is 24.0 Å². The first-order chi connectivity index (χ1) is 7.84. The molecule has 0 spiro atoms. The molecule has 0 saturated carbocycles. The SMILES string of the molecule is CC/C(=C(/F)C(C)F)C(/C=C(/F)C(C)F)CC. The zero-order valence-electron chi connectivity index (χ0n) is 10.7. The molecule has 4 heteroatoms. The molecule has 0 rings (SSSR count). The van der Waals surface area contributed by atoms with Gasteiger partial charge in [0.15, 0.2) is 0 Å². The molecule has 0 aromatic heterocycles. The highest BCUT2D eigenvalue weighted by Crippen LogP contribution is 2.29. The van der Waals surface area contributed by atoms with Crippen molar-refractivity contribution in [3.05, 3.63) is 23.3 Å². The summed E-state index contributed by atoms with van der Waals surface area (Å²) >= 11 is 0. The number of hydrogen-bond acceptors (Lipinski definition) is 0. The Balaban J connectivity index is 5.23. The van der Waals surface area contributed by atoms with Gasteiger partial charge in [0, 0.05) is 5.92 Å². The summed E-state index contributed by atoms with van der Waals surface area (Å²) in [5.74, 6) is -2.38. The summed E-state index contributed by atoms with van der Waals surface area (Å²) in [6.45, 7) is 5.56. The molecule has 0 aromatic carbocycles. The molecule has 0 amide bonds. The zero-order chi connectivity index (χ0) is 13.6. The zero-order valence-corrected chi connectivity index (χ0v) is 10.7. The second-order valence-corrected chi connectivity index (χ2v) is 4.03. The van der Waals surface area contributed by atoms with Crippen LogP contribution >= 0.6 is 0 Å². The number of rotatable bonds is 6. The van der Waals surface area contributed by atoms with Crippen LogP contribution in [0.15, 0.2) is 23.3 Å². The monoisotopic (exact) mass is 252 g/mol. The van der Waals surface area contributed by atoms with Crippen molar-refractivity contribution in [1.29, 1.82) is 0 Å². The fraction of sp³-hybridized carbons (Fsp3) is 0.692. The molecule has 17 heavy (non-hydrogen) atoms. The normalized spacial score (nSPS) is 19.6. The van der Waals surface area contributed by atoms with Gasteiger partial charge in [0.05, 0.1) is 0 Å². The third-order valence-electron chi connectivity index (χ3n) is 2.66. The quantitative estimate of drug-likeness (QED) is 0.569. The molecule has 0 fully saturated rings. The minimum Gasteiger partial charge on any atom is -0.240 e. The molecule has 0 aliphatic carbocycles. The summed E-state index contributed by atoms with van der Waals surface area (Å²) in [6.07, 6.45) is -1.69. The molecule has 0 heterocycles. The number of halogens is 4. The van der Waals surface area contributed by atoms with E-state index in [1.54, 1.807) is 13.8 Å². The highest BCUT2D eigenvalue weighted by atomic mass is 19.2. The summed E-state index contributed by atoms with van der Waals surface area (Å²) in [6, 6.07) is 0. The predicted molar refractivity (Wildman–Crippen MR) is 62.5 cm³/mol. The average Bonchev–Trinajstić information content (AvgIpc) is 2.27. The van der Waals surface area contributed by atoms with Crippen LogP contribution in [0.1, 0.15) is 40.5 Å². The van der Waals surface area contributed by atoms with Crippen LogP contribution in [-0.2, 0) is 0 Å². The number of alkyl halides is 2. The van der Waals surface area contributed by atoms with E-state index in [0.29, 0.717) is 6.42 Å². The first-order valence-electron chi connectivity index (χ1n) is 5.88. The maximum absolute atomic E-state index is 13.5. The Morgan fingerprint density at radius 1 is 1.06 bits per heavy atom. The second kappa shape index (κ2) is 7.51. The van der Waals surface area contributed by atoms with Gasteiger partial charge in [-0.3, -0.25) is 0 Å². The van der Waals surface area contributed by atoms with Crippen molar-refractivity contribution in [1.82, 2.24) is 0 Å². The fourth-order valence-electron chi connectivity index (χ4n) is 1.65. The van der Waals surface area contributed by atoms with Crippen molar-refractivity contribution in [2.45, 2.75) is 52.9 Å². The van der Waals surface area contributed by atoms with E-state index in [1.807, 2.05) is 0 Å². The van der Waals surface area contributed by atoms with E-state index in [4.69, 9.17) is 0 Å². The van der Waals surface area contributed by atoms with Crippen molar-refractivity contribution in [2.75, 3.05) is 0 Å². The van der Waals surface area contributed by atoms with Crippen LogP contribution in [0.25, 0.3) is 0 Å². The van der Waals surface area contributed by atoms with Crippen molar-refractivity contribution in [2.24, 2.45) is 5.92 Å². The Bertz CT molecular complexity index is 290. The molecule has 3 atom stereocenters. The number of hydrogen-bond donors (Lipinski definition) is 0. The van der Waals surface area contributed by atoms with Crippen LogP contribution in [0.4, 0.5) is 17.6 Å². The largest absolute Gasteiger partial charge is 0.240 e. The minimum absolute atomic E-state index is 0.207. The summed E-state index contributed by atoms with van der Waals surface area (Å²) < 4.78 is 52.3. The first-order valence-corrected chi connectivity index (χ1v) is 5.88. The van der Waals surface area contributed by atoms with Gasteiger partial charge >= 0.3 is 0 Å². The second-order valence-electron chi connectivity index (χ2n) is 4.03. The van der Waals surface area contributed by atoms with Gasteiger partial charge in [0.25, 0.3) is 0 Å². The lowest BCUT2D eigenvalue weighted by Crippen LogP contribution is -2.08. The van der Waals surface area contributed by atoms with E-state index in [-0.39, 0.29) is 12.0 Å². The van der Waals surface area contributed by atoms with Crippen LogP contribution in [0.3, 0.4) is 0 Å². The molecule has 0 N–H and O–H groups in total. The third kappa shape index (κ3) is 4.92. The molecule has 0 aliphatic rings. The Morgan fingerprint density at radius 2 is 1.59 bits per heavy atom. The molecule has 0 saturated heterocycles. The van der Waals surface area contributed by atoms with Gasteiger partial charge in [-0.25, -0.2) is 17.6 Å². The summed E-state index contributed by atoms with van der Waals surface area (Å²) in [4.78, 5) is 0. The maximum Gasteiger partial charge on any atom is 0.149 e. The average molecular weight is 252 g/mol. The molecular formula is C13H20F4. The minimum atomic E-state index is -1.71. The summed E-state index contributed by atoms with van der Waals surface area (Å²) in [5.41, 5.74) is 0.207. The lowest BCUT2D eigenvalue weighted by molar-refractivity contribution is 0.335. The Kier molecular flexibility index (Phi) is 7.16. The van der Waals surface area contributed by atoms with Gasteiger partial charge in [-0.15, -0.1) is 0 Å². The summed E-state index contributed by atoms with van der Waals surface area (Å²) in [7, 11) is 0. The van der Waals surface area contributed by atoms with Crippen molar-refractivity contribution in [3.8, 4) is 0 Å². The fourth-order valence-corrected chi connectivity index (χ4v) is 1.65. The molecule has 3 unspecified atom stereocenters. The molecule has 0 radical (unpaired) electrons. The Hall–Kier alpha value is -0.800. The highest BCUT2D eigenvalue weighted by molar-refractivity contribution is 5.20. The summed E-state index contributed by atoms with van der Waals surface area (Å²) in [5, 5.41) is 0. The van der Waals surface area contributed by atoms with Crippen LogP contribution in [0.2, 0.25) is 0 Å².